The first-order valence-corrected chi connectivity index (χ1v) is 4.57. The molecule has 0 heterocycles. The second kappa shape index (κ2) is 5.06. The van der Waals surface area contributed by atoms with Gasteiger partial charge in [-0.3, -0.25) is 10.1 Å². The molecule has 0 saturated heterocycles. The van der Waals surface area contributed by atoms with Crippen LogP contribution in [0.2, 0.25) is 0 Å². The van der Waals surface area contributed by atoms with E-state index in [2.05, 4.69) is 0 Å². The summed E-state index contributed by atoms with van der Waals surface area (Å²) in [6.07, 6.45) is -0.868. The van der Waals surface area contributed by atoms with Crippen LogP contribution in [0.4, 0.5) is 5.69 Å². The Morgan fingerprint density at radius 2 is 1.82 bits per heavy atom. The minimum atomic E-state index is -1.69. The second-order valence-electron chi connectivity index (χ2n) is 3.26. The zero-order chi connectivity index (χ0) is 13.0. The van der Waals surface area contributed by atoms with Crippen molar-refractivity contribution in [2.75, 3.05) is 0 Å². The molecule has 7 nitrogen and oxygen atoms in total. The Bertz CT molecular complexity index is 470. The Morgan fingerprint density at radius 3 is 2.29 bits per heavy atom. The lowest BCUT2D eigenvalue weighted by atomic mass is 9.94. The number of carbonyl (C=O) groups excluding carboxylic acids is 2. The molecule has 7 heteroatoms. The van der Waals surface area contributed by atoms with Crippen LogP contribution in [0.25, 0.3) is 0 Å². The van der Waals surface area contributed by atoms with Crippen molar-refractivity contribution < 1.29 is 24.7 Å². The average Bonchev–Trinajstić information content (AvgIpc) is 2.25. The van der Waals surface area contributed by atoms with Gasteiger partial charge in [-0.05, 0) is 6.42 Å². The maximum absolute atomic E-state index is 10.8. The third kappa shape index (κ3) is 3.00. The standard InChI is InChI=1S/C10H9NO6/c12-9(13)5-7(10(14)15)6-3-1-2-4-8(6)11(16)17/h1-4,7H,5H2,(H,12,13)(H,14,15)/p-2/t7-/m0/s1. The summed E-state index contributed by atoms with van der Waals surface area (Å²) in [7, 11) is 0. The fourth-order valence-electron chi connectivity index (χ4n) is 1.44. The minimum Gasteiger partial charge on any atom is -0.550 e. The van der Waals surface area contributed by atoms with E-state index in [4.69, 9.17) is 0 Å². The molecule has 0 fully saturated rings. The number of carboxylic acids is 2. The second-order valence-corrected chi connectivity index (χ2v) is 3.26. The SMILES string of the molecule is O=C([O-])C[C@H](C(=O)[O-])c1ccccc1[N+](=O)[O-]. The molecule has 0 unspecified atom stereocenters. The van der Waals surface area contributed by atoms with Crippen molar-refractivity contribution in [3.63, 3.8) is 0 Å². The first-order valence-electron chi connectivity index (χ1n) is 4.57. The van der Waals surface area contributed by atoms with Crippen LogP contribution in [0, 0.1) is 10.1 Å². The highest BCUT2D eigenvalue weighted by molar-refractivity contribution is 5.81. The predicted molar refractivity (Wildman–Crippen MR) is 50.5 cm³/mol. The normalized spacial score (nSPS) is 11.8. The molecule has 0 saturated carbocycles. The van der Waals surface area contributed by atoms with Gasteiger partial charge in [0.2, 0.25) is 0 Å². The topological polar surface area (TPSA) is 123 Å². The highest BCUT2D eigenvalue weighted by Crippen LogP contribution is 2.28. The molecular formula is C10H7NO6-2. The molecule has 0 N–H and O–H groups in total. The molecule has 0 bridgehead atoms. The van der Waals surface area contributed by atoms with Crippen molar-refractivity contribution in [1.82, 2.24) is 0 Å². The van der Waals surface area contributed by atoms with Crippen molar-refractivity contribution in [3.05, 3.63) is 39.9 Å². The molecular weight excluding hydrogens is 230 g/mol. The predicted octanol–water partition coefficient (Wildman–Crippen LogP) is -1.43. The van der Waals surface area contributed by atoms with Crippen LogP contribution in [0.1, 0.15) is 17.9 Å². The van der Waals surface area contributed by atoms with Gasteiger partial charge in [0.05, 0.1) is 4.92 Å². The maximum atomic E-state index is 10.8. The molecule has 1 rings (SSSR count). The van der Waals surface area contributed by atoms with E-state index in [1.807, 2.05) is 0 Å². The highest BCUT2D eigenvalue weighted by atomic mass is 16.6. The summed E-state index contributed by atoms with van der Waals surface area (Å²) in [6.45, 7) is 0. The van der Waals surface area contributed by atoms with Crippen LogP contribution in [0.3, 0.4) is 0 Å². The number of rotatable bonds is 5. The number of carbonyl (C=O) groups is 2. The average molecular weight is 237 g/mol. The van der Waals surface area contributed by atoms with Gasteiger partial charge in [0.15, 0.2) is 0 Å². The van der Waals surface area contributed by atoms with Gasteiger partial charge >= 0.3 is 0 Å². The summed E-state index contributed by atoms with van der Waals surface area (Å²) < 4.78 is 0. The van der Waals surface area contributed by atoms with Crippen molar-refractivity contribution in [1.29, 1.82) is 0 Å². The Labute approximate surface area is 95.5 Å². The Morgan fingerprint density at radius 1 is 1.24 bits per heavy atom. The molecule has 0 aliphatic rings. The van der Waals surface area contributed by atoms with Gasteiger partial charge in [0, 0.05) is 29.5 Å². The summed E-state index contributed by atoms with van der Waals surface area (Å²) in [5.41, 5.74) is -0.662. The van der Waals surface area contributed by atoms with Crippen LogP contribution in [-0.4, -0.2) is 16.9 Å². The van der Waals surface area contributed by atoms with E-state index in [1.165, 1.54) is 18.2 Å². The first-order chi connectivity index (χ1) is 7.93. The number of hydrogen-bond acceptors (Lipinski definition) is 6. The van der Waals surface area contributed by atoms with Gasteiger partial charge < -0.3 is 19.8 Å². The molecule has 0 aliphatic heterocycles. The summed E-state index contributed by atoms with van der Waals surface area (Å²) in [4.78, 5) is 31.1. The lowest BCUT2D eigenvalue weighted by Gasteiger charge is -2.18. The number of nitrogens with zero attached hydrogens (tertiary/aromatic N) is 1. The molecule has 0 aromatic heterocycles. The fraction of sp³-hybridized carbons (Fsp3) is 0.200. The van der Waals surface area contributed by atoms with Crippen LogP contribution in [-0.2, 0) is 9.59 Å². The Balaban J connectivity index is 3.22. The Kier molecular flexibility index (Phi) is 3.76. The Hall–Kier alpha value is -2.44. The molecule has 0 radical (unpaired) electrons. The molecule has 17 heavy (non-hydrogen) atoms. The smallest absolute Gasteiger partial charge is 0.273 e. The lowest BCUT2D eigenvalue weighted by Crippen LogP contribution is -2.35. The van der Waals surface area contributed by atoms with E-state index in [1.54, 1.807) is 0 Å². The number of hydrogen-bond donors (Lipinski definition) is 0. The molecule has 90 valence electrons. The van der Waals surface area contributed by atoms with E-state index in [0.29, 0.717) is 0 Å². The third-order valence-electron chi connectivity index (χ3n) is 2.16. The molecule has 1 aromatic rings. The van der Waals surface area contributed by atoms with E-state index >= 15 is 0 Å². The van der Waals surface area contributed by atoms with Crippen molar-refractivity contribution in [2.45, 2.75) is 12.3 Å². The summed E-state index contributed by atoms with van der Waals surface area (Å²) >= 11 is 0. The molecule has 1 aromatic carbocycles. The van der Waals surface area contributed by atoms with E-state index in [0.717, 1.165) is 6.07 Å². The first kappa shape index (κ1) is 12.6. The van der Waals surface area contributed by atoms with Gasteiger partial charge in [-0.2, -0.15) is 0 Å². The van der Waals surface area contributed by atoms with Gasteiger partial charge in [0.1, 0.15) is 0 Å². The largest absolute Gasteiger partial charge is 0.550 e. The minimum absolute atomic E-state index is 0.207. The lowest BCUT2D eigenvalue weighted by molar-refractivity contribution is -0.386. The number of carboxylic acid groups (broad SMARTS) is 2. The number of aliphatic carboxylic acids is 2. The van der Waals surface area contributed by atoms with E-state index < -0.39 is 34.9 Å². The van der Waals surface area contributed by atoms with Gasteiger partial charge in [-0.15, -0.1) is 0 Å². The van der Waals surface area contributed by atoms with Crippen LogP contribution < -0.4 is 10.2 Å². The van der Waals surface area contributed by atoms with Gasteiger partial charge in [-0.25, -0.2) is 0 Å². The summed E-state index contributed by atoms with van der Waals surface area (Å²) in [5, 5.41) is 31.8. The van der Waals surface area contributed by atoms with Crippen molar-refractivity contribution in [3.8, 4) is 0 Å². The van der Waals surface area contributed by atoms with Crippen molar-refractivity contribution >= 4 is 17.6 Å². The zero-order valence-corrected chi connectivity index (χ0v) is 8.49. The van der Waals surface area contributed by atoms with Crippen LogP contribution in [0.15, 0.2) is 24.3 Å². The molecule has 0 spiro atoms. The quantitative estimate of drug-likeness (QED) is 0.456. The molecule has 0 amide bonds. The van der Waals surface area contributed by atoms with Crippen LogP contribution in [0.5, 0.6) is 0 Å². The van der Waals surface area contributed by atoms with Crippen molar-refractivity contribution in [2.24, 2.45) is 0 Å². The number of para-hydroxylation sites is 1. The van der Waals surface area contributed by atoms with Gasteiger partial charge in [0.25, 0.3) is 5.69 Å². The zero-order valence-electron chi connectivity index (χ0n) is 8.49. The van der Waals surface area contributed by atoms with Gasteiger partial charge in [-0.1, -0.05) is 18.2 Å². The molecule has 0 aliphatic carbocycles. The fourth-order valence-corrected chi connectivity index (χ4v) is 1.44. The van der Waals surface area contributed by atoms with E-state index in [-0.39, 0.29) is 5.56 Å². The number of nitro groups is 1. The van der Waals surface area contributed by atoms with E-state index in [9.17, 15) is 29.9 Å². The molecule has 1 atom stereocenters. The maximum Gasteiger partial charge on any atom is 0.273 e. The van der Waals surface area contributed by atoms with Crippen LogP contribution >= 0.6 is 0 Å². The monoisotopic (exact) mass is 237 g/mol. The number of benzene rings is 1. The third-order valence-corrected chi connectivity index (χ3v) is 2.16. The summed E-state index contributed by atoms with van der Waals surface area (Å²) in [5.74, 6) is -4.90. The number of nitro benzene ring substituents is 1. The summed E-state index contributed by atoms with van der Waals surface area (Å²) in [6, 6.07) is 5.02. The highest BCUT2D eigenvalue weighted by Gasteiger charge is 2.22.